The van der Waals surface area contributed by atoms with E-state index in [4.69, 9.17) is 18.9 Å². The Morgan fingerprint density at radius 1 is 1.35 bits per heavy atom. The van der Waals surface area contributed by atoms with Crippen molar-refractivity contribution in [3.8, 4) is 0 Å². The van der Waals surface area contributed by atoms with Gasteiger partial charge >= 0.3 is 0 Å². The average Bonchev–Trinajstić information content (AvgIpc) is 3.12. The first-order valence-electron chi connectivity index (χ1n) is 9.68. The van der Waals surface area contributed by atoms with Gasteiger partial charge in [0.05, 0.1) is 25.0 Å². The van der Waals surface area contributed by atoms with E-state index in [2.05, 4.69) is 31.4 Å². The van der Waals surface area contributed by atoms with E-state index < -0.39 is 0 Å². The first-order valence-corrected chi connectivity index (χ1v) is 9.68. The number of guanidine groups is 1. The van der Waals surface area contributed by atoms with E-state index in [1.165, 1.54) is 12.8 Å². The van der Waals surface area contributed by atoms with E-state index >= 15 is 0 Å². The van der Waals surface area contributed by atoms with Gasteiger partial charge in [-0.25, -0.2) is 0 Å². The lowest BCUT2D eigenvalue weighted by Gasteiger charge is -2.28. The summed E-state index contributed by atoms with van der Waals surface area (Å²) in [4.78, 5) is 4.75. The maximum Gasteiger partial charge on any atom is 0.191 e. The van der Waals surface area contributed by atoms with Crippen LogP contribution in [-0.4, -0.2) is 51.5 Å². The molecule has 0 aromatic carbocycles. The summed E-state index contributed by atoms with van der Waals surface area (Å²) in [6.45, 7) is 9.53. The first kappa shape index (κ1) is 20.8. The fourth-order valence-corrected chi connectivity index (χ4v) is 2.99. The summed E-state index contributed by atoms with van der Waals surface area (Å²) in [6.07, 6.45) is 6.37. The number of hydrogen-bond acceptors (Lipinski definition) is 4. The summed E-state index contributed by atoms with van der Waals surface area (Å²) in [7, 11) is 1.75. The van der Waals surface area contributed by atoms with Crippen molar-refractivity contribution >= 4 is 5.96 Å². The first-order chi connectivity index (χ1) is 12.5. The number of methoxy groups -OCH3 is 1. The molecule has 1 aliphatic rings. The van der Waals surface area contributed by atoms with E-state index in [0.717, 1.165) is 44.3 Å². The summed E-state index contributed by atoms with van der Waals surface area (Å²) >= 11 is 0. The Kier molecular flexibility index (Phi) is 8.45. The van der Waals surface area contributed by atoms with Crippen molar-refractivity contribution in [3.63, 3.8) is 0 Å². The Labute approximate surface area is 157 Å². The van der Waals surface area contributed by atoms with E-state index in [1.54, 1.807) is 13.4 Å². The molecule has 1 fully saturated rings. The summed E-state index contributed by atoms with van der Waals surface area (Å²) in [5.74, 6) is 1.77. The van der Waals surface area contributed by atoms with E-state index in [9.17, 15) is 0 Å². The van der Waals surface area contributed by atoms with Crippen LogP contribution in [0.5, 0.6) is 0 Å². The zero-order valence-electron chi connectivity index (χ0n) is 16.7. The quantitative estimate of drug-likeness (QED) is 0.548. The van der Waals surface area contributed by atoms with Gasteiger partial charge in [-0.15, -0.1) is 0 Å². The monoisotopic (exact) mass is 365 g/mol. The largest absolute Gasteiger partial charge is 0.469 e. The predicted molar refractivity (Wildman–Crippen MR) is 105 cm³/mol. The number of ether oxygens (including phenoxy) is 2. The highest BCUT2D eigenvalue weighted by atomic mass is 16.5. The van der Waals surface area contributed by atoms with Crippen LogP contribution in [0.15, 0.2) is 27.8 Å². The number of rotatable bonds is 8. The Morgan fingerprint density at radius 2 is 2.19 bits per heavy atom. The highest BCUT2D eigenvalue weighted by Crippen LogP contribution is 2.21. The van der Waals surface area contributed by atoms with Gasteiger partial charge in [0.1, 0.15) is 5.76 Å². The molecule has 0 spiro atoms. The maximum absolute atomic E-state index is 5.81. The molecule has 1 aromatic heterocycles. The average molecular weight is 366 g/mol. The summed E-state index contributed by atoms with van der Waals surface area (Å²) in [5.41, 5.74) is 0.0456. The lowest BCUT2D eigenvalue weighted by atomic mass is 9.89. The fraction of sp³-hybridized carbons (Fsp3) is 0.750. The molecule has 2 N–H and O–H groups in total. The third-order valence-corrected chi connectivity index (χ3v) is 4.68. The molecule has 2 rings (SSSR count). The molecule has 1 aromatic rings. The second-order valence-corrected chi connectivity index (χ2v) is 7.91. The number of furan rings is 1. The van der Waals surface area contributed by atoms with Crippen LogP contribution < -0.4 is 10.6 Å². The molecule has 2 atom stereocenters. The molecule has 0 aliphatic carbocycles. The third kappa shape index (κ3) is 7.38. The Balaban J connectivity index is 1.88. The van der Waals surface area contributed by atoms with Crippen molar-refractivity contribution in [2.24, 2.45) is 10.4 Å². The predicted octanol–water partition coefficient (Wildman–Crippen LogP) is 2.99. The minimum absolute atomic E-state index is 0.0456. The standard InChI is InChI=1S/C20H35N3O3/c1-20(2,3)18(24-4)15-23-19(21-11-10-16-9-7-13-25-16)22-14-17-8-5-6-12-26-17/h7,9,13,17-18H,5-6,8,10-12,14-15H2,1-4H3,(H2,21,22,23). The molecule has 0 saturated carbocycles. The number of aliphatic imine (C=N–C) groups is 1. The molecule has 0 amide bonds. The van der Waals surface area contributed by atoms with Crippen LogP contribution in [0, 0.1) is 5.41 Å². The highest BCUT2D eigenvalue weighted by Gasteiger charge is 2.24. The fourth-order valence-electron chi connectivity index (χ4n) is 2.99. The second kappa shape index (κ2) is 10.6. The van der Waals surface area contributed by atoms with Crippen molar-refractivity contribution in [1.82, 2.24) is 10.6 Å². The van der Waals surface area contributed by atoms with Crippen molar-refractivity contribution in [2.45, 2.75) is 58.7 Å². The molecule has 0 radical (unpaired) electrons. The minimum atomic E-state index is 0.0456. The lowest BCUT2D eigenvalue weighted by molar-refractivity contribution is 0.0190. The van der Waals surface area contributed by atoms with Gasteiger partial charge in [-0.3, -0.25) is 4.99 Å². The van der Waals surface area contributed by atoms with Gasteiger partial charge < -0.3 is 24.5 Å². The SMILES string of the molecule is COC(CN=C(NCCc1ccco1)NCC1CCCCO1)C(C)(C)C. The van der Waals surface area contributed by atoms with Crippen LogP contribution in [0.2, 0.25) is 0 Å². The Morgan fingerprint density at radius 3 is 2.81 bits per heavy atom. The number of hydrogen-bond donors (Lipinski definition) is 2. The van der Waals surface area contributed by atoms with E-state index in [-0.39, 0.29) is 17.6 Å². The number of nitrogens with one attached hydrogen (secondary N) is 2. The van der Waals surface area contributed by atoms with Crippen LogP contribution in [0.4, 0.5) is 0 Å². The van der Waals surface area contributed by atoms with Crippen LogP contribution in [0.1, 0.15) is 45.8 Å². The van der Waals surface area contributed by atoms with Gasteiger partial charge in [-0.1, -0.05) is 20.8 Å². The van der Waals surface area contributed by atoms with Gasteiger partial charge in [0, 0.05) is 33.2 Å². The molecule has 148 valence electrons. The molecule has 1 saturated heterocycles. The number of nitrogens with zero attached hydrogens (tertiary/aromatic N) is 1. The van der Waals surface area contributed by atoms with Gasteiger partial charge in [0.25, 0.3) is 0 Å². The van der Waals surface area contributed by atoms with Crippen LogP contribution in [-0.2, 0) is 15.9 Å². The van der Waals surface area contributed by atoms with Crippen molar-refractivity contribution in [2.75, 3.05) is 33.4 Å². The van der Waals surface area contributed by atoms with Crippen LogP contribution >= 0.6 is 0 Å². The molecule has 0 bridgehead atoms. The minimum Gasteiger partial charge on any atom is -0.469 e. The topological polar surface area (TPSA) is 68.0 Å². The molecule has 1 aliphatic heterocycles. The zero-order valence-corrected chi connectivity index (χ0v) is 16.7. The highest BCUT2D eigenvalue weighted by molar-refractivity contribution is 5.79. The third-order valence-electron chi connectivity index (χ3n) is 4.68. The van der Waals surface area contributed by atoms with Crippen molar-refractivity contribution < 1.29 is 13.9 Å². The van der Waals surface area contributed by atoms with Crippen molar-refractivity contribution in [3.05, 3.63) is 24.2 Å². The molecule has 2 heterocycles. The Hall–Kier alpha value is -1.53. The molecular formula is C20H35N3O3. The summed E-state index contributed by atoms with van der Waals surface area (Å²) in [5, 5.41) is 6.82. The van der Waals surface area contributed by atoms with E-state index in [0.29, 0.717) is 6.54 Å². The zero-order chi connectivity index (χ0) is 18.8. The summed E-state index contributed by atoms with van der Waals surface area (Å²) < 4.78 is 16.8. The molecule has 6 nitrogen and oxygen atoms in total. The van der Waals surface area contributed by atoms with Crippen molar-refractivity contribution in [1.29, 1.82) is 0 Å². The molecule has 26 heavy (non-hydrogen) atoms. The molecule has 2 unspecified atom stereocenters. The van der Waals surface area contributed by atoms with E-state index in [1.807, 2.05) is 12.1 Å². The van der Waals surface area contributed by atoms with Gasteiger partial charge in [-0.05, 0) is 36.8 Å². The molecular weight excluding hydrogens is 330 g/mol. The van der Waals surface area contributed by atoms with Gasteiger partial charge in [-0.2, -0.15) is 0 Å². The summed E-state index contributed by atoms with van der Waals surface area (Å²) in [6, 6.07) is 3.90. The normalized spacial score (nSPS) is 20.0. The molecule has 6 heteroatoms. The second-order valence-electron chi connectivity index (χ2n) is 7.91. The lowest BCUT2D eigenvalue weighted by Crippen LogP contribution is -2.44. The van der Waals surface area contributed by atoms with Crippen LogP contribution in [0.25, 0.3) is 0 Å². The van der Waals surface area contributed by atoms with Gasteiger partial charge in [0.2, 0.25) is 0 Å². The van der Waals surface area contributed by atoms with Gasteiger partial charge in [0.15, 0.2) is 5.96 Å². The van der Waals surface area contributed by atoms with Crippen LogP contribution in [0.3, 0.4) is 0 Å². The maximum atomic E-state index is 5.81. The Bertz CT molecular complexity index is 517. The smallest absolute Gasteiger partial charge is 0.191 e.